The maximum Gasteiger partial charge on any atom is 0.417 e. The highest BCUT2D eigenvalue weighted by Gasteiger charge is 2.46. The first kappa shape index (κ1) is 28.1. The Hall–Kier alpha value is -2.92. The summed E-state index contributed by atoms with van der Waals surface area (Å²) in [5.74, 6) is -1.23. The van der Waals surface area contributed by atoms with Gasteiger partial charge < -0.3 is 15.5 Å². The fourth-order valence-electron chi connectivity index (χ4n) is 5.02. The molecule has 1 aliphatic carbocycles. The molecule has 0 bridgehead atoms. The molecule has 0 spiro atoms. The van der Waals surface area contributed by atoms with Crippen molar-refractivity contribution in [2.24, 2.45) is 0 Å². The molecular weight excluding hydrogens is 519 g/mol. The van der Waals surface area contributed by atoms with Crippen molar-refractivity contribution in [3.05, 3.63) is 60.2 Å². The number of nitrogens with zero attached hydrogens (tertiary/aromatic N) is 1. The average molecular weight is 552 g/mol. The van der Waals surface area contributed by atoms with Crippen LogP contribution in [0.2, 0.25) is 0 Å². The number of benzene rings is 2. The van der Waals surface area contributed by atoms with Crippen LogP contribution in [0.5, 0.6) is 0 Å². The third-order valence-corrected chi connectivity index (χ3v) is 9.42. The van der Waals surface area contributed by atoms with E-state index in [2.05, 4.69) is 10.6 Å². The summed E-state index contributed by atoms with van der Waals surface area (Å²) in [6, 6.07) is 11.6. The van der Waals surface area contributed by atoms with Crippen LogP contribution in [0.25, 0.3) is 0 Å². The number of alkyl halides is 3. The van der Waals surface area contributed by atoms with E-state index >= 15 is 0 Å². The van der Waals surface area contributed by atoms with Crippen LogP contribution in [-0.2, 0) is 25.6 Å². The number of para-hydroxylation sites is 1. The Kier molecular flexibility index (Phi) is 8.17. The number of anilines is 1. The van der Waals surface area contributed by atoms with Crippen molar-refractivity contribution in [3.63, 3.8) is 0 Å². The molecule has 206 valence electrons. The van der Waals surface area contributed by atoms with E-state index in [0.717, 1.165) is 30.7 Å². The molecule has 1 saturated heterocycles. The monoisotopic (exact) mass is 551 g/mol. The van der Waals surface area contributed by atoms with Gasteiger partial charge in [0.15, 0.2) is 9.84 Å². The largest absolute Gasteiger partial charge is 0.417 e. The predicted molar refractivity (Wildman–Crippen MR) is 137 cm³/mol. The highest BCUT2D eigenvalue weighted by atomic mass is 32.2. The fraction of sp³-hybridized carbons (Fsp3) is 0.481. The first-order chi connectivity index (χ1) is 17.9. The Morgan fingerprint density at radius 2 is 1.68 bits per heavy atom. The van der Waals surface area contributed by atoms with E-state index in [1.807, 2.05) is 23.1 Å². The molecule has 7 nitrogen and oxygen atoms in total. The van der Waals surface area contributed by atoms with Gasteiger partial charge in [-0.2, -0.15) is 13.2 Å². The van der Waals surface area contributed by atoms with Crippen LogP contribution < -0.4 is 15.5 Å². The SMILES string of the molecule is CC[C@H](NC(C)[C@@H]1C[C@@H](S(=O)(=O)c2ccccc2C(F)(F)F)CN1c1ccccc1)C(=O)C(=O)NC1CC1. The van der Waals surface area contributed by atoms with Crippen molar-refractivity contribution >= 4 is 27.2 Å². The molecule has 4 rings (SSSR count). The van der Waals surface area contributed by atoms with Gasteiger partial charge >= 0.3 is 6.18 Å². The van der Waals surface area contributed by atoms with Gasteiger partial charge in [0.05, 0.1) is 21.8 Å². The van der Waals surface area contributed by atoms with Gasteiger partial charge in [0, 0.05) is 30.4 Å². The zero-order valence-corrected chi connectivity index (χ0v) is 22.1. The van der Waals surface area contributed by atoms with Crippen molar-refractivity contribution < 1.29 is 31.2 Å². The lowest BCUT2D eigenvalue weighted by Gasteiger charge is -2.33. The van der Waals surface area contributed by atoms with Crippen LogP contribution in [0.3, 0.4) is 0 Å². The normalized spacial score (nSPS) is 21.7. The highest BCUT2D eigenvalue weighted by molar-refractivity contribution is 7.92. The first-order valence-corrected chi connectivity index (χ1v) is 14.3. The van der Waals surface area contributed by atoms with Crippen LogP contribution in [-0.4, -0.2) is 56.1 Å². The molecule has 38 heavy (non-hydrogen) atoms. The Labute approximate surface area is 220 Å². The molecule has 4 atom stereocenters. The topological polar surface area (TPSA) is 95.6 Å². The van der Waals surface area contributed by atoms with Gasteiger partial charge in [-0.05, 0) is 56.9 Å². The lowest BCUT2D eigenvalue weighted by Crippen LogP contribution is -2.53. The molecule has 1 heterocycles. The Morgan fingerprint density at radius 3 is 2.29 bits per heavy atom. The maximum atomic E-state index is 13.7. The summed E-state index contributed by atoms with van der Waals surface area (Å²) in [6.45, 7) is 3.56. The molecule has 2 aromatic rings. The Bertz CT molecular complexity index is 1270. The lowest BCUT2D eigenvalue weighted by atomic mass is 10.0. The van der Waals surface area contributed by atoms with Crippen molar-refractivity contribution in [3.8, 4) is 0 Å². The van der Waals surface area contributed by atoms with Crippen LogP contribution in [0.4, 0.5) is 18.9 Å². The molecule has 2 aromatic carbocycles. The molecule has 2 fully saturated rings. The van der Waals surface area contributed by atoms with Gasteiger partial charge in [-0.3, -0.25) is 9.59 Å². The lowest BCUT2D eigenvalue weighted by molar-refractivity contribution is -0.139. The quantitative estimate of drug-likeness (QED) is 0.437. The van der Waals surface area contributed by atoms with E-state index in [9.17, 15) is 31.2 Å². The zero-order chi connectivity index (χ0) is 27.7. The fourth-order valence-corrected chi connectivity index (χ4v) is 6.94. The number of rotatable bonds is 10. The van der Waals surface area contributed by atoms with Gasteiger partial charge in [0.2, 0.25) is 5.78 Å². The number of Topliss-reactive ketones (excluding diaryl/α,β-unsaturated/α-hetero) is 1. The molecule has 1 aliphatic heterocycles. The van der Waals surface area contributed by atoms with E-state index in [-0.39, 0.29) is 19.0 Å². The van der Waals surface area contributed by atoms with Crippen molar-refractivity contribution in [1.82, 2.24) is 10.6 Å². The maximum absolute atomic E-state index is 13.7. The van der Waals surface area contributed by atoms with Gasteiger partial charge in [-0.15, -0.1) is 0 Å². The molecule has 11 heteroatoms. The smallest absolute Gasteiger partial charge is 0.366 e. The molecule has 2 N–H and O–H groups in total. The van der Waals surface area contributed by atoms with Crippen LogP contribution >= 0.6 is 0 Å². The van der Waals surface area contributed by atoms with E-state index in [1.165, 1.54) is 12.1 Å². The molecule has 1 amide bonds. The minimum absolute atomic E-state index is 0.0118. The zero-order valence-electron chi connectivity index (χ0n) is 21.2. The molecule has 0 radical (unpaired) electrons. The molecule has 2 aliphatic rings. The number of sulfone groups is 1. The van der Waals surface area contributed by atoms with Crippen molar-refractivity contribution in [2.75, 3.05) is 11.4 Å². The second kappa shape index (κ2) is 11.1. The molecule has 1 saturated carbocycles. The first-order valence-electron chi connectivity index (χ1n) is 12.8. The third kappa shape index (κ3) is 6.04. The predicted octanol–water partition coefficient (Wildman–Crippen LogP) is 3.73. The van der Waals surface area contributed by atoms with E-state index in [0.29, 0.717) is 6.42 Å². The summed E-state index contributed by atoms with van der Waals surface area (Å²) in [6.07, 6.45) is -2.72. The van der Waals surface area contributed by atoms with E-state index in [4.69, 9.17) is 0 Å². The number of amides is 1. The minimum Gasteiger partial charge on any atom is -0.366 e. The van der Waals surface area contributed by atoms with Crippen LogP contribution in [0, 0.1) is 0 Å². The van der Waals surface area contributed by atoms with Gasteiger partial charge in [0.1, 0.15) is 0 Å². The van der Waals surface area contributed by atoms with Gasteiger partial charge in [-0.1, -0.05) is 37.3 Å². The van der Waals surface area contributed by atoms with Crippen molar-refractivity contribution in [1.29, 1.82) is 0 Å². The standard InChI is InChI=1S/C27H32F3N3O4S/c1-3-22(25(34)26(35)32-18-13-14-18)31-17(2)23-15-20(16-33(23)19-9-5-4-6-10-19)38(36,37)24-12-8-7-11-21(24)27(28,29)30/h4-12,17-18,20,22-23,31H,3,13-16H2,1-2H3,(H,32,35)/t17?,20-,22+,23+/m1/s1. The summed E-state index contributed by atoms with van der Waals surface area (Å²) in [5, 5.41) is 4.80. The number of hydrogen-bond donors (Lipinski definition) is 2. The summed E-state index contributed by atoms with van der Waals surface area (Å²) in [4.78, 5) is 26.3. The van der Waals surface area contributed by atoms with E-state index < -0.39 is 61.5 Å². The van der Waals surface area contributed by atoms with Gasteiger partial charge in [-0.25, -0.2) is 8.42 Å². The van der Waals surface area contributed by atoms with E-state index in [1.54, 1.807) is 26.0 Å². The number of nitrogens with one attached hydrogen (secondary N) is 2. The number of carbonyl (C=O) groups is 2. The summed E-state index contributed by atoms with van der Waals surface area (Å²) in [5.41, 5.74) is -0.460. The van der Waals surface area contributed by atoms with Crippen LogP contribution in [0.15, 0.2) is 59.5 Å². The van der Waals surface area contributed by atoms with Crippen LogP contribution in [0.1, 0.15) is 45.1 Å². The Balaban J connectivity index is 1.60. The number of halogens is 3. The Morgan fingerprint density at radius 1 is 1.05 bits per heavy atom. The second-order valence-electron chi connectivity index (χ2n) is 9.98. The second-order valence-corrected chi connectivity index (χ2v) is 12.2. The van der Waals surface area contributed by atoms with Gasteiger partial charge in [0.25, 0.3) is 5.91 Å². The summed E-state index contributed by atoms with van der Waals surface area (Å²) in [7, 11) is -4.35. The minimum atomic E-state index is -4.81. The van der Waals surface area contributed by atoms with Crippen molar-refractivity contribution in [2.45, 2.75) is 80.0 Å². The molecular formula is C27H32F3N3O4S. The summed E-state index contributed by atoms with van der Waals surface area (Å²) < 4.78 is 68.2. The number of carbonyl (C=O) groups excluding carboxylic acids is 2. The summed E-state index contributed by atoms with van der Waals surface area (Å²) >= 11 is 0. The third-order valence-electron chi connectivity index (χ3n) is 7.23. The average Bonchev–Trinajstić information content (AvgIpc) is 3.59. The number of ketones is 1. The molecule has 1 unspecified atom stereocenters. The number of hydrogen-bond acceptors (Lipinski definition) is 6. The highest BCUT2D eigenvalue weighted by Crippen LogP contribution is 2.39. The molecule has 0 aromatic heterocycles.